The van der Waals surface area contributed by atoms with E-state index in [1.54, 1.807) is 0 Å². The van der Waals surface area contributed by atoms with Crippen molar-refractivity contribution in [1.82, 2.24) is 0 Å². The molecule has 48 heavy (non-hydrogen) atoms. The SMILES string of the molecule is c1ccc(-c2ccc(N(c3ccc(-c4ccccc4)cc3)c3cccc4c3c(-c3ccccc3)cc3c5ccccc5oc43)cc2)cc1. The summed E-state index contributed by atoms with van der Waals surface area (Å²) in [5, 5.41) is 4.49. The van der Waals surface area contributed by atoms with Crippen molar-refractivity contribution in [2.24, 2.45) is 0 Å². The number of furan rings is 1. The topological polar surface area (TPSA) is 16.4 Å². The zero-order valence-electron chi connectivity index (χ0n) is 26.3. The van der Waals surface area contributed by atoms with Crippen LogP contribution < -0.4 is 4.90 Å². The van der Waals surface area contributed by atoms with Crippen molar-refractivity contribution in [3.05, 3.63) is 188 Å². The number of rotatable bonds is 6. The number of hydrogen-bond donors (Lipinski definition) is 0. The Morgan fingerprint density at radius 2 is 0.833 bits per heavy atom. The molecule has 1 aromatic heterocycles. The molecule has 0 saturated heterocycles. The predicted molar refractivity (Wildman–Crippen MR) is 202 cm³/mol. The van der Waals surface area contributed by atoms with Gasteiger partial charge in [-0.3, -0.25) is 0 Å². The number of anilines is 3. The summed E-state index contributed by atoms with van der Waals surface area (Å²) in [7, 11) is 0. The van der Waals surface area contributed by atoms with Gasteiger partial charge in [0.15, 0.2) is 0 Å². The first-order chi connectivity index (χ1) is 23.8. The highest BCUT2D eigenvalue weighted by Gasteiger charge is 2.22. The van der Waals surface area contributed by atoms with Gasteiger partial charge in [0.1, 0.15) is 11.2 Å². The molecule has 0 radical (unpaired) electrons. The summed E-state index contributed by atoms with van der Waals surface area (Å²) in [5.74, 6) is 0. The van der Waals surface area contributed by atoms with Crippen LogP contribution in [0.5, 0.6) is 0 Å². The van der Waals surface area contributed by atoms with E-state index < -0.39 is 0 Å². The average molecular weight is 614 g/mol. The molecule has 1 heterocycles. The van der Waals surface area contributed by atoms with Crippen LogP contribution in [0.4, 0.5) is 17.1 Å². The summed E-state index contributed by atoms with van der Waals surface area (Å²) in [6, 6.07) is 66.8. The van der Waals surface area contributed by atoms with Crippen LogP contribution in [0.25, 0.3) is 66.1 Å². The molecule has 2 nitrogen and oxygen atoms in total. The maximum Gasteiger partial charge on any atom is 0.143 e. The molecular weight excluding hydrogens is 583 g/mol. The number of hydrogen-bond acceptors (Lipinski definition) is 2. The van der Waals surface area contributed by atoms with Crippen molar-refractivity contribution < 1.29 is 4.42 Å². The third-order valence-electron chi connectivity index (χ3n) is 9.27. The third-order valence-corrected chi connectivity index (χ3v) is 9.27. The van der Waals surface area contributed by atoms with Gasteiger partial charge in [0, 0.05) is 32.9 Å². The minimum Gasteiger partial charge on any atom is -0.455 e. The van der Waals surface area contributed by atoms with Gasteiger partial charge in [-0.05, 0) is 75.8 Å². The van der Waals surface area contributed by atoms with E-state index in [9.17, 15) is 0 Å². The first-order valence-electron chi connectivity index (χ1n) is 16.4. The maximum absolute atomic E-state index is 6.61. The fraction of sp³-hybridized carbons (Fsp3) is 0. The van der Waals surface area contributed by atoms with Gasteiger partial charge in [-0.2, -0.15) is 0 Å². The van der Waals surface area contributed by atoms with Gasteiger partial charge in [-0.15, -0.1) is 0 Å². The molecule has 9 rings (SSSR count). The van der Waals surface area contributed by atoms with Crippen molar-refractivity contribution in [2.45, 2.75) is 0 Å². The number of nitrogens with zero attached hydrogens (tertiary/aromatic N) is 1. The fourth-order valence-electron chi connectivity index (χ4n) is 6.96. The second-order valence-electron chi connectivity index (χ2n) is 12.1. The Morgan fingerprint density at radius 3 is 1.42 bits per heavy atom. The van der Waals surface area contributed by atoms with E-state index >= 15 is 0 Å². The quantitative estimate of drug-likeness (QED) is 0.185. The smallest absolute Gasteiger partial charge is 0.143 e. The van der Waals surface area contributed by atoms with Crippen LogP contribution >= 0.6 is 0 Å². The van der Waals surface area contributed by atoms with Gasteiger partial charge >= 0.3 is 0 Å². The van der Waals surface area contributed by atoms with E-state index in [1.807, 2.05) is 6.07 Å². The lowest BCUT2D eigenvalue weighted by Crippen LogP contribution is -2.11. The van der Waals surface area contributed by atoms with Crippen LogP contribution in [0.15, 0.2) is 192 Å². The Kier molecular flexibility index (Phi) is 6.84. The van der Waals surface area contributed by atoms with Crippen LogP contribution in [0.1, 0.15) is 0 Å². The molecule has 0 unspecified atom stereocenters. The normalized spacial score (nSPS) is 11.3. The van der Waals surface area contributed by atoms with Gasteiger partial charge in [0.25, 0.3) is 0 Å². The van der Waals surface area contributed by atoms with Gasteiger partial charge in [-0.25, -0.2) is 0 Å². The van der Waals surface area contributed by atoms with Gasteiger partial charge in [-0.1, -0.05) is 146 Å². The predicted octanol–water partition coefficient (Wildman–Crippen LogP) is 13.2. The maximum atomic E-state index is 6.61. The molecule has 0 aliphatic rings. The van der Waals surface area contributed by atoms with Crippen molar-refractivity contribution in [3.8, 4) is 33.4 Å². The molecule has 0 saturated carbocycles. The van der Waals surface area contributed by atoms with Crippen LogP contribution in [0.3, 0.4) is 0 Å². The Labute approximate surface area is 279 Å². The Bertz CT molecular complexity index is 2430. The van der Waals surface area contributed by atoms with Crippen molar-refractivity contribution in [3.63, 3.8) is 0 Å². The molecule has 2 heteroatoms. The molecule has 0 fully saturated rings. The zero-order valence-corrected chi connectivity index (χ0v) is 26.3. The second-order valence-corrected chi connectivity index (χ2v) is 12.1. The highest BCUT2D eigenvalue weighted by atomic mass is 16.3. The lowest BCUT2D eigenvalue weighted by Gasteiger charge is -2.28. The third kappa shape index (κ3) is 4.83. The number of fused-ring (bicyclic) bond motifs is 5. The molecule has 0 aliphatic carbocycles. The van der Waals surface area contributed by atoms with Crippen molar-refractivity contribution >= 4 is 49.8 Å². The highest BCUT2D eigenvalue weighted by Crippen LogP contribution is 2.47. The standard InChI is InChI=1S/C46H31NO/c1-4-13-32(14-5-1)34-23-27-37(28-24-34)47(38-29-25-35(26-30-38)33-15-6-2-7-16-33)43-21-12-20-40-45(43)41(36-17-8-3-9-18-36)31-42-39-19-10-11-22-44(39)48-46(40)42/h1-31H. The summed E-state index contributed by atoms with van der Waals surface area (Å²) in [6.07, 6.45) is 0. The fourth-order valence-corrected chi connectivity index (χ4v) is 6.96. The van der Waals surface area contributed by atoms with Crippen molar-refractivity contribution in [1.29, 1.82) is 0 Å². The Balaban J connectivity index is 1.31. The average Bonchev–Trinajstić information content (AvgIpc) is 3.55. The van der Waals surface area contributed by atoms with Crippen LogP contribution in [0.2, 0.25) is 0 Å². The number of benzene rings is 8. The molecule has 0 bridgehead atoms. The summed E-state index contributed by atoms with van der Waals surface area (Å²) in [4.78, 5) is 2.38. The largest absolute Gasteiger partial charge is 0.455 e. The summed E-state index contributed by atoms with van der Waals surface area (Å²) < 4.78 is 6.61. The molecule has 226 valence electrons. The van der Waals surface area contributed by atoms with E-state index in [0.29, 0.717) is 0 Å². The van der Waals surface area contributed by atoms with Gasteiger partial charge in [0.2, 0.25) is 0 Å². The lowest BCUT2D eigenvalue weighted by molar-refractivity contribution is 0.672. The zero-order chi connectivity index (χ0) is 31.9. The molecular formula is C46H31NO. The minimum atomic E-state index is 0.897. The summed E-state index contributed by atoms with van der Waals surface area (Å²) in [6.45, 7) is 0. The van der Waals surface area contributed by atoms with Crippen LogP contribution in [-0.4, -0.2) is 0 Å². The first kappa shape index (κ1) is 27.9. The van der Waals surface area contributed by atoms with Gasteiger partial charge in [0.05, 0.1) is 5.69 Å². The first-order valence-corrected chi connectivity index (χ1v) is 16.4. The molecule has 0 amide bonds. The molecule has 8 aromatic carbocycles. The molecule has 0 atom stereocenters. The van der Waals surface area contributed by atoms with Crippen LogP contribution in [-0.2, 0) is 0 Å². The summed E-state index contributed by atoms with van der Waals surface area (Å²) in [5.41, 5.74) is 12.2. The number of para-hydroxylation sites is 1. The summed E-state index contributed by atoms with van der Waals surface area (Å²) >= 11 is 0. The van der Waals surface area contributed by atoms with E-state index in [-0.39, 0.29) is 0 Å². The molecule has 9 aromatic rings. The highest BCUT2D eigenvalue weighted by molar-refractivity contribution is 6.22. The monoisotopic (exact) mass is 613 g/mol. The lowest BCUT2D eigenvalue weighted by atomic mass is 9.93. The second kappa shape index (κ2) is 11.8. The van der Waals surface area contributed by atoms with Crippen molar-refractivity contribution in [2.75, 3.05) is 4.90 Å². The van der Waals surface area contributed by atoms with Gasteiger partial charge < -0.3 is 9.32 Å². The molecule has 0 aliphatic heterocycles. The van der Waals surface area contributed by atoms with E-state index in [2.05, 4.69) is 187 Å². The van der Waals surface area contributed by atoms with E-state index in [4.69, 9.17) is 4.42 Å². The molecule has 0 N–H and O–H groups in total. The molecule has 0 spiro atoms. The minimum absolute atomic E-state index is 0.897. The Hall–Kier alpha value is -6.38. The Morgan fingerprint density at radius 1 is 0.354 bits per heavy atom. The van der Waals surface area contributed by atoms with E-state index in [1.165, 1.54) is 33.4 Å². The van der Waals surface area contributed by atoms with E-state index in [0.717, 1.165) is 49.8 Å². The van der Waals surface area contributed by atoms with Crippen LogP contribution in [0, 0.1) is 0 Å².